The zero-order chi connectivity index (χ0) is 15.4. The standard InChI is InChI=1S/C13H15F3N2O2/c1-3-6(2)11(12(17)19)18-13(20)10-8(15)4-7(14)5-9(10)16/h4-6,11H,3H2,1-2H3,(H2,17,19)(H,18,20)/t6-,11-/m1/s1. The van der Waals surface area contributed by atoms with Crippen molar-refractivity contribution >= 4 is 11.8 Å². The molecule has 20 heavy (non-hydrogen) atoms. The zero-order valence-electron chi connectivity index (χ0n) is 11.0. The maximum atomic E-state index is 13.4. The van der Waals surface area contributed by atoms with Crippen molar-refractivity contribution in [1.29, 1.82) is 0 Å². The number of nitrogens with one attached hydrogen (secondary N) is 1. The van der Waals surface area contributed by atoms with Gasteiger partial charge in [0.2, 0.25) is 5.91 Å². The highest BCUT2D eigenvalue weighted by Gasteiger charge is 2.27. The van der Waals surface area contributed by atoms with Gasteiger partial charge in [-0.15, -0.1) is 0 Å². The second-order valence-electron chi connectivity index (χ2n) is 4.48. The van der Waals surface area contributed by atoms with E-state index in [1.54, 1.807) is 13.8 Å². The normalized spacial score (nSPS) is 13.7. The number of halogens is 3. The van der Waals surface area contributed by atoms with Gasteiger partial charge in [0.1, 0.15) is 29.1 Å². The average Bonchev–Trinajstić information content (AvgIpc) is 2.33. The van der Waals surface area contributed by atoms with E-state index >= 15 is 0 Å². The summed E-state index contributed by atoms with van der Waals surface area (Å²) in [5.74, 6) is -6.08. The molecule has 1 aromatic carbocycles. The molecule has 2 amide bonds. The van der Waals surface area contributed by atoms with Crippen molar-refractivity contribution in [2.45, 2.75) is 26.3 Å². The van der Waals surface area contributed by atoms with Crippen molar-refractivity contribution in [1.82, 2.24) is 5.32 Å². The fourth-order valence-electron chi connectivity index (χ4n) is 1.70. The molecule has 0 fully saturated rings. The van der Waals surface area contributed by atoms with Gasteiger partial charge in [-0.3, -0.25) is 9.59 Å². The summed E-state index contributed by atoms with van der Waals surface area (Å²) in [6.07, 6.45) is 0.530. The molecular weight excluding hydrogens is 273 g/mol. The number of rotatable bonds is 5. The second-order valence-corrected chi connectivity index (χ2v) is 4.48. The minimum Gasteiger partial charge on any atom is -0.368 e. The maximum Gasteiger partial charge on any atom is 0.257 e. The van der Waals surface area contributed by atoms with Gasteiger partial charge in [-0.05, 0) is 5.92 Å². The molecule has 4 nitrogen and oxygen atoms in total. The lowest BCUT2D eigenvalue weighted by atomic mass is 9.98. The summed E-state index contributed by atoms with van der Waals surface area (Å²) >= 11 is 0. The van der Waals surface area contributed by atoms with Crippen molar-refractivity contribution < 1.29 is 22.8 Å². The molecule has 7 heteroatoms. The summed E-state index contributed by atoms with van der Waals surface area (Å²) in [4.78, 5) is 23.1. The Balaban J connectivity index is 3.04. The fourth-order valence-corrected chi connectivity index (χ4v) is 1.70. The van der Waals surface area contributed by atoms with Crippen molar-refractivity contribution in [2.24, 2.45) is 11.7 Å². The summed E-state index contributed by atoms with van der Waals surface area (Å²) in [7, 11) is 0. The summed E-state index contributed by atoms with van der Waals surface area (Å²) in [5, 5.41) is 2.17. The minimum atomic E-state index is -1.34. The molecule has 0 saturated carbocycles. The summed E-state index contributed by atoms with van der Waals surface area (Å²) in [5.41, 5.74) is 4.20. The number of carbonyl (C=O) groups is 2. The van der Waals surface area contributed by atoms with Crippen molar-refractivity contribution in [3.63, 3.8) is 0 Å². The van der Waals surface area contributed by atoms with Crippen molar-refractivity contribution in [3.05, 3.63) is 35.1 Å². The molecule has 0 aromatic heterocycles. The summed E-state index contributed by atoms with van der Waals surface area (Å²) in [6, 6.07) is -0.280. The molecule has 0 unspecified atom stereocenters. The summed E-state index contributed by atoms with van der Waals surface area (Å²) in [6.45, 7) is 3.43. The van der Waals surface area contributed by atoms with Crippen molar-refractivity contribution in [3.8, 4) is 0 Å². The van der Waals surface area contributed by atoms with Crippen LogP contribution in [0.25, 0.3) is 0 Å². The van der Waals surface area contributed by atoms with Crippen LogP contribution >= 0.6 is 0 Å². The van der Waals surface area contributed by atoms with Crippen LogP contribution < -0.4 is 11.1 Å². The number of amides is 2. The van der Waals surface area contributed by atoms with Crippen LogP contribution in [0.1, 0.15) is 30.6 Å². The smallest absolute Gasteiger partial charge is 0.257 e. The lowest BCUT2D eigenvalue weighted by Crippen LogP contribution is -2.48. The molecule has 0 aliphatic heterocycles. The van der Waals surface area contributed by atoms with Gasteiger partial charge in [0, 0.05) is 12.1 Å². The van der Waals surface area contributed by atoms with Gasteiger partial charge in [0.25, 0.3) is 5.91 Å². The highest BCUT2D eigenvalue weighted by Crippen LogP contribution is 2.16. The fraction of sp³-hybridized carbons (Fsp3) is 0.385. The quantitative estimate of drug-likeness (QED) is 0.866. The van der Waals surface area contributed by atoms with Gasteiger partial charge in [-0.1, -0.05) is 20.3 Å². The van der Waals surface area contributed by atoms with E-state index in [4.69, 9.17) is 5.73 Å². The molecular formula is C13H15F3N2O2. The highest BCUT2D eigenvalue weighted by molar-refractivity contribution is 5.97. The Morgan fingerprint density at radius 1 is 1.25 bits per heavy atom. The van der Waals surface area contributed by atoms with Gasteiger partial charge in [-0.25, -0.2) is 13.2 Å². The van der Waals surface area contributed by atoms with Gasteiger partial charge in [0.15, 0.2) is 0 Å². The third-order valence-corrected chi connectivity index (χ3v) is 3.04. The first-order chi connectivity index (χ1) is 9.27. The highest BCUT2D eigenvalue weighted by atomic mass is 19.1. The molecule has 0 spiro atoms. The lowest BCUT2D eigenvalue weighted by molar-refractivity contribution is -0.120. The first-order valence-electron chi connectivity index (χ1n) is 6.02. The van der Waals surface area contributed by atoms with E-state index in [0.29, 0.717) is 18.6 Å². The van der Waals surface area contributed by atoms with Crippen LogP contribution in [0.2, 0.25) is 0 Å². The first-order valence-corrected chi connectivity index (χ1v) is 6.02. The Morgan fingerprint density at radius 2 is 1.75 bits per heavy atom. The lowest BCUT2D eigenvalue weighted by Gasteiger charge is -2.21. The van der Waals surface area contributed by atoms with E-state index < -0.39 is 40.9 Å². The Kier molecular flexibility index (Phi) is 5.12. The Hall–Kier alpha value is -2.05. The van der Waals surface area contributed by atoms with Crippen LogP contribution in [0.5, 0.6) is 0 Å². The van der Waals surface area contributed by atoms with Gasteiger partial charge in [-0.2, -0.15) is 0 Å². The van der Waals surface area contributed by atoms with E-state index in [1.807, 2.05) is 0 Å². The van der Waals surface area contributed by atoms with Gasteiger partial charge >= 0.3 is 0 Å². The second kappa shape index (κ2) is 6.40. The molecule has 0 aliphatic carbocycles. The third kappa shape index (κ3) is 3.49. The molecule has 0 heterocycles. The summed E-state index contributed by atoms with van der Waals surface area (Å²) < 4.78 is 39.6. The van der Waals surface area contributed by atoms with Crippen LogP contribution in [0.4, 0.5) is 13.2 Å². The molecule has 0 aliphatic rings. The SMILES string of the molecule is CC[C@@H](C)[C@@H](NC(=O)c1c(F)cc(F)cc1F)C(N)=O. The number of primary amides is 1. The third-order valence-electron chi connectivity index (χ3n) is 3.04. The topological polar surface area (TPSA) is 72.2 Å². The molecule has 0 saturated heterocycles. The number of hydrogen-bond donors (Lipinski definition) is 2. The maximum absolute atomic E-state index is 13.4. The first kappa shape index (κ1) is 16.0. The average molecular weight is 288 g/mol. The van der Waals surface area contributed by atoms with Crippen molar-refractivity contribution in [2.75, 3.05) is 0 Å². The largest absolute Gasteiger partial charge is 0.368 e. The number of nitrogens with two attached hydrogens (primary N) is 1. The predicted molar refractivity (Wildman–Crippen MR) is 66.2 cm³/mol. The van der Waals surface area contributed by atoms with Crippen LogP contribution in [-0.4, -0.2) is 17.9 Å². The van der Waals surface area contributed by atoms with Crippen LogP contribution in [-0.2, 0) is 4.79 Å². The Morgan fingerprint density at radius 3 is 2.15 bits per heavy atom. The predicted octanol–water partition coefficient (Wildman–Crippen LogP) is 1.73. The molecule has 3 N–H and O–H groups in total. The van der Waals surface area contributed by atoms with E-state index in [9.17, 15) is 22.8 Å². The minimum absolute atomic E-state index is 0.303. The molecule has 0 radical (unpaired) electrons. The Bertz CT molecular complexity index is 511. The molecule has 1 rings (SSSR count). The molecule has 110 valence electrons. The monoisotopic (exact) mass is 288 g/mol. The number of benzene rings is 1. The van der Waals surface area contributed by atoms with Crippen LogP contribution in [0.3, 0.4) is 0 Å². The number of carbonyl (C=O) groups excluding carboxylic acids is 2. The molecule has 2 atom stereocenters. The van der Waals surface area contributed by atoms with E-state index in [1.165, 1.54) is 0 Å². The van der Waals surface area contributed by atoms with E-state index in [2.05, 4.69) is 5.32 Å². The van der Waals surface area contributed by atoms with Gasteiger partial charge in [0.05, 0.1) is 0 Å². The molecule has 1 aromatic rings. The van der Waals surface area contributed by atoms with E-state index in [0.717, 1.165) is 0 Å². The Labute approximate surface area is 114 Å². The van der Waals surface area contributed by atoms with Gasteiger partial charge < -0.3 is 11.1 Å². The number of hydrogen-bond acceptors (Lipinski definition) is 2. The van der Waals surface area contributed by atoms with Crippen LogP contribution in [0, 0.1) is 23.4 Å². The van der Waals surface area contributed by atoms with E-state index in [-0.39, 0.29) is 5.92 Å². The zero-order valence-corrected chi connectivity index (χ0v) is 11.0. The van der Waals surface area contributed by atoms with Crippen LogP contribution in [0.15, 0.2) is 12.1 Å². The molecule has 0 bridgehead atoms.